The monoisotopic (exact) mass is 391 g/mol. The second-order valence-electron chi connectivity index (χ2n) is 7.38. The number of nitrogens with one attached hydrogen (secondary N) is 3. The van der Waals surface area contributed by atoms with E-state index in [0.29, 0.717) is 25.5 Å². The Kier molecular flexibility index (Phi) is 5.46. The Balaban J connectivity index is 1.37. The van der Waals surface area contributed by atoms with E-state index >= 15 is 0 Å². The average molecular weight is 391 g/mol. The summed E-state index contributed by atoms with van der Waals surface area (Å²) in [5.74, 6) is 0.384. The summed E-state index contributed by atoms with van der Waals surface area (Å²) in [7, 11) is 0. The first-order valence-electron chi connectivity index (χ1n) is 10.0. The summed E-state index contributed by atoms with van der Waals surface area (Å²) >= 11 is 0. The highest BCUT2D eigenvalue weighted by Crippen LogP contribution is 2.27. The highest BCUT2D eigenvalue weighted by atomic mass is 16.2. The Morgan fingerprint density at radius 2 is 1.97 bits per heavy atom. The summed E-state index contributed by atoms with van der Waals surface area (Å²) in [6.45, 7) is 3.68. The van der Waals surface area contributed by atoms with Crippen molar-refractivity contribution in [2.45, 2.75) is 39.3 Å². The molecule has 4 rings (SSSR count). The molecule has 0 radical (unpaired) electrons. The van der Waals surface area contributed by atoms with E-state index in [9.17, 15) is 9.59 Å². The number of benzene rings is 2. The Labute approximate surface area is 169 Å². The fourth-order valence-corrected chi connectivity index (χ4v) is 3.58. The number of carbonyl (C=O) groups excluding carboxylic acids is 2. The van der Waals surface area contributed by atoms with Crippen molar-refractivity contribution in [2.24, 2.45) is 0 Å². The van der Waals surface area contributed by atoms with Gasteiger partial charge in [-0.1, -0.05) is 55.8 Å². The number of aromatic amines is 1. The number of amides is 3. The van der Waals surface area contributed by atoms with Crippen molar-refractivity contribution in [1.82, 2.24) is 20.4 Å². The quantitative estimate of drug-likeness (QED) is 0.561. The van der Waals surface area contributed by atoms with Gasteiger partial charge in [-0.2, -0.15) is 5.10 Å². The molecule has 2 aromatic carbocycles. The zero-order chi connectivity index (χ0) is 20.2. The number of H-pyrrole nitrogens is 1. The minimum Gasteiger partial charge on any atom is -0.338 e. The van der Waals surface area contributed by atoms with Crippen LogP contribution >= 0.6 is 0 Å². The molecule has 0 saturated carbocycles. The SMILES string of the molecule is CCCCNC(=O)N1Cc2[nH]nc(NC(=O)Cc3ccc4ccccc4c3)c2C1. The van der Waals surface area contributed by atoms with Crippen molar-refractivity contribution in [3.05, 3.63) is 59.3 Å². The molecule has 3 amide bonds. The largest absolute Gasteiger partial charge is 0.338 e. The lowest BCUT2D eigenvalue weighted by atomic mass is 10.0. The van der Waals surface area contributed by atoms with Crippen LogP contribution in [-0.2, 0) is 24.3 Å². The van der Waals surface area contributed by atoms with Gasteiger partial charge in [0.05, 0.1) is 25.2 Å². The summed E-state index contributed by atoms with van der Waals surface area (Å²) in [5, 5.41) is 15.2. The molecule has 0 atom stereocenters. The normalized spacial score (nSPS) is 12.8. The maximum atomic E-state index is 12.5. The molecule has 29 heavy (non-hydrogen) atoms. The average Bonchev–Trinajstić information content (AvgIpc) is 3.30. The van der Waals surface area contributed by atoms with Gasteiger partial charge in [-0.25, -0.2) is 4.79 Å². The molecule has 150 valence electrons. The van der Waals surface area contributed by atoms with Gasteiger partial charge < -0.3 is 15.5 Å². The third-order valence-electron chi connectivity index (χ3n) is 5.18. The van der Waals surface area contributed by atoms with E-state index < -0.39 is 0 Å². The molecular weight excluding hydrogens is 366 g/mol. The predicted molar refractivity (Wildman–Crippen MR) is 112 cm³/mol. The van der Waals surface area contributed by atoms with Crippen molar-refractivity contribution in [3.63, 3.8) is 0 Å². The zero-order valence-corrected chi connectivity index (χ0v) is 16.5. The second kappa shape index (κ2) is 8.34. The van der Waals surface area contributed by atoms with Crippen LogP contribution in [0.15, 0.2) is 42.5 Å². The molecule has 1 aromatic heterocycles. The van der Waals surface area contributed by atoms with Gasteiger partial charge >= 0.3 is 6.03 Å². The number of aromatic nitrogens is 2. The van der Waals surface area contributed by atoms with Gasteiger partial charge in [0.2, 0.25) is 5.91 Å². The number of nitrogens with zero attached hydrogens (tertiary/aromatic N) is 2. The number of unbranched alkanes of at least 4 members (excludes halogenated alkanes) is 1. The Morgan fingerprint density at radius 3 is 2.79 bits per heavy atom. The summed E-state index contributed by atoms with van der Waals surface area (Å²) in [4.78, 5) is 26.5. The molecule has 7 nitrogen and oxygen atoms in total. The molecule has 0 aliphatic carbocycles. The second-order valence-corrected chi connectivity index (χ2v) is 7.38. The van der Waals surface area contributed by atoms with Gasteiger partial charge in [-0.05, 0) is 22.8 Å². The van der Waals surface area contributed by atoms with Crippen LogP contribution in [0.4, 0.5) is 10.6 Å². The molecule has 3 N–H and O–H groups in total. The number of urea groups is 1. The van der Waals surface area contributed by atoms with E-state index in [1.54, 1.807) is 4.90 Å². The van der Waals surface area contributed by atoms with Crippen molar-refractivity contribution >= 4 is 28.5 Å². The summed E-state index contributed by atoms with van der Waals surface area (Å²) in [6.07, 6.45) is 2.27. The van der Waals surface area contributed by atoms with Crippen LogP contribution in [0.3, 0.4) is 0 Å². The molecule has 0 saturated heterocycles. The number of hydrogen-bond donors (Lipinski definition) is 3. The van der Waals surface area contributed by atoms with Crippen molar-refractivity contribution in [1.29, 1.82) is 0 Å². The zero-order valence-electron chi connectivity index (χ0n) is 16.5. The summed E-state index contributed by atoms with van der Waals surface area (Å²) < 4.78 is 0. The van der Waals surface area contributed by atoms with Crippen LogP contribution in [-0.4, -0.2) is 33.6 Å². The van der Waals surface area contributed by atoms with Crippen LogP contribution in [0.1, 0.15) is 36.6 Å². The van der Waals surface area contributed by atoms with Gasteiger partial charge in [0.1, 0.15) is 0 Å². The van der Waals surface area contributed by atoms with Crippen LogP contribution in [0, 0.1) is 0 Å². The fourth-order valence-electron chi connectivity index (χ4n) is 3.58. The van der Waals surface area contributed by atoms with E-state index in [1.165, 1.54) is 0 Å². The third-order valence-corrected chi connectivity index (χ3v) is 5.18. The third kappa shape index (κ3) is 4.23. The number of rotatable bonds is 6. The Hall–Kier alpha value is -3.35. The lowest BCUT2D eigenvalue weighted by Crippen LogP contribution is -2.37. The summed E-state index contributed by atoms with van der Waals surface area (Å²) in [5.41, 5.74) is 2.70. The summed E-state index contributed by atoms with van der Waals surface area (Å²) in [6, 6.07) is 14.0. The lowest BCUT2D eigenvalue weighted by Gasteiger charge is -2.16. The van der Waals surface area contributed by atoms with Gasteiger partial charge in [0, 0.05) is 12.1 Å². The molecule has 1 aliphatic heterocycles. The predicted octanol–water partition coefficient (Wildman–Crippen LogP) is 3.57. The van der Waals surface area contributed by atoms with Crippen LogP contribution in [0.25, 0.3) is 10.8 Å². The van der Waals surface area contributed by atoms with E-state index in [1.807, 2.05) is 36.4 Å². The maximum absolute atomic E-state index is 12.5. The van der Waals surface area contributed by atoms with Gasteiger partial charge in [0.25, 0.3) is 0 Å². The molecule has 0 spiro atoms. The Bertz CT molecular complexity index is 1040. The number of fused-ring (bicyclic) bond motifs is 2. The molecule has 7 heteroatoms. The molecular formula is C22H25N5O2. The van der Waals surface area contributed by atoms with Crippen molar-refractivity contribution in [2.75, 3.05) is 11.9 Å². The molecule has 0 unspecified atom stereocenters. The molecule has 0 bridgehead atoms. The van der Waals surface area contributed by atoms with Gasteiger partial charge in [-0.3, -0.25) is 9.89 Å². The van der Waals surface area contributed by atoms with Gasteiger partial charge in [0.15, 0.2) is 5.82 Å². The van der Waals surface area contributed by atoms with Gasteiger partial charge in [-0.15, -0.1) is 0 Å². The smallest absolute Gasteiger partial charge is 0.318 e. The Morgan fingerprint density at radius 1 is 1.14 bits per heavy atom. The van der Waals surface area contributed by atoms with Crippen LogP contribution in [0.5, 0.6) is 0 Å². The van der Waals surface area contributed by atoms with E-state index in [4.69, 9.17) is 0 Å². The van der Waals surface area contributed by atoms with Crippen LogP contribution < -0.4 is 10.6 Å². The van der Waals surface area contributed by atoms with E-state index in [0.717, 1.165) is 40.4 Å². The van der Waals surface area contributed by atoms with Crippen LogP contribution in [0.2, 0.25) is 0 Å². The van der Waals surface area contributed by atoms with E-state index in [-0.39, 0.29) is 18.4 Å². The highest BCUT2D eigenvalue weighted by molar-refractivity contribution is 5.93. The number of carbonyl (C=O) groups is 2. The highest BCUT2D eigenvalue weighted by Gasteiger charge is 2.28. The number of hydrogen-bond acceptors (Lipinski definition) is 3. The number of anilines is 1. The first kappa shape index (κ1) is 19.0. The first-order valence-corrected chi connectivity index (χ1v) is 10.0. The standard InChI is InChI=1S/C22H25N5O2/c1-2-3-10-23-22(29)27-13-18-19(14-27)25-26-21(18)24-20(28)12-15-8-9-16-6-4-5-7-17(16)11-15/h4-9,11H,2-3,10,12-14H2,1H3,(H,23,29)(H2,24,25,26,28). The molecule has 0 fully saturated rings. The molecule has 3 aromatic rings. The molecule has 1 aliphatic rings. The minimum absolute atomic E-state index is 0.0866. The minimum atomic E-state index is -0.125. The van der Waals surface area contributed by atoms with Crippen molar-refractivity contribution < 1.29 is 9.59 Å². The van der Waals surface area contributed by atoms with Crippen molar-refractivity contribution in [3.8, 4) is 0 Å². The molecule has 2 heterocycles. The lowest BCUT2D eigenvalue weighted by molar-refractivity contribution is -0.115. The first-order chi connectivity index (χ1) is 14.1. The van der Waals surface area contributed by atoms with E-state index in [2.05, 4.69) is 33.8 Å². The maximum Gasteiger partial charge on any atom is 0.318 e. The topological polar surface area (TPSA) is 90.1 Å². The fraction of sp³-hybridized carbons (Fsp3) is 0.318.